The van der Waals surface area contributed by atoms with Crippen LogP contribution < -0.4 is 15.7 Å². The number of hydrogen-bond acceptors (Lipinski definition) is 7. The third kappa shape index (κ3) is 4.10. The molecule has 0 fully saturated rings. The van der Waals surface area contributed by atoms with Gasteiger partial charge in [0.1, 0.15) is 5.75 Å². The van der Waals surface area contributed by atoms with Crippen LogP contribution in [0.1, 0.15) is 5.56 Å². The summed E-state index contributed by atoms with van der Waals surface area (Å²) in [7, 11) is 1.57. The average Bonchev–Trinajstić information content (AvgIpc) is 2.80. The second-order valence-electron chi connectivity index (χ2n) is 6.51. The van der Waals surface area contributed by atoms with Crippen LogP contribution in [0.2, 0.25) is 0 Å². The van der Waals surface area contributed by atoms with Crippen molar-refractivity contribution in [3.63, 3.8) is 0 Å². The first kappa shape index (κ1) is 19.8. The van der Waals surface area contributed by atoms with Crippen LogP contribution >= 0.6 is 0 Å². The summed E-state index contributed by atoms with van der Waals surface area (Å²) in [6.45, 7) is 0. The minimum atomic E-state index is -0.467. The van der Waals surface area contributed by atoms with E-state index < -0.39 is 4.92 Å². The van der Waals surface area contributed by atoms with Crippen molar-refractivity contribution in [1.29, 1.82) is 0 Å². The molecule has 0 aliphatic heterocycles. The molecular formula is C22H17N5O4. The standard InChI is InChI=1S/C22H17N5O4/c1-31-18-12-10-16(11-13-18)26-21(28)19-4-2-3-5-20(19)24-22(26)25-23-14-15-6-8-17(9-7-15)27(29)30/h2-14H,1H3,(H,24,25)/b23-14+. The van der Waals surface area contributed by atoms with E-state index in [1.807, 2.05) is 0 Å². The lowest BCUT2D eigenvalue weighted by molar-refractivity contribution is -0.384. The van der Waals surface area contributed by atoms with Crippen molar-refractivity contribution < 1.29 is 9.66 Å². The number of hydrogen-bond donors (Lipinski definition) is 1. The predicted molar refractivity (Wildman–Crippen MR) is 118 cm³/mol. The molecule has 0 radical (unpaired) electrons. The monoisotopic (exact) mass is 415 g/mol. The zero-order chi connectivity index (χ0) is 21.8. The van der Waals surface area contributed by atoms with Crippen LogP contribution in [-0.2, 0) is 0 Å². The number of aromatic nitrogens is 2. The zero-order valence-corrected chi connectivity index (χ0v) is 16.4. The molecule has 3 aromatic carbocycles. The first-order valence-corrected chi connectivity index (χ1v) is 9.26. The molecule has 1 aromatic heterocycles. The summed E-state index contributed by atoms with van der Waals surface area (Å²) in [6.07, 6.45) is 1.49. The highest BCUT2D eigenvalue weighted by atomic mass is 16.6. The minimum absolute atomic E-state index is 0.00495. The fraction of sp³-hybridized carbons (Fsp3) is 0.0455. The van der Waals surface area contributed by atoms with Crippen molar-refractivity contribution in [2.24, 2.45) is 5.10 Å². The number of benzene rings is 3. The highest BCUT2D eigenvalue weighted by Crippen LogP contribution is 2.19. The summed E-state index contributed by atoms with van der Waals surface area (Å²) >= 11 is 0. The maximum Gasteiger partial charge on any atom is 0.269 e. The van der Waals surface area contributed by atoms with Gasteiger partial charge < -0.3 is 4.74 Å². The molecule has 9 heteroatoms. The van der Waals surface area contributed by atoms with Gasteiger partial charge in [0.25, 0.3) is 11.2 Å². The van der Waals surface area contributed by atoms with Gasteiger partial charge in [0.15, 0.2) is 0 Å². The molecule has 4 aromatic rings. The third-order valence-corrected chi connectivity index (χ3v) is 4.59. The molecule has 9 nitrogen and oxygen atoms in total. The van der Waals surface area contributed by atoms with Gasteiger partial charge in [0.05, 0.1) is 34.8 Å². The van der Waals surface area contributed by atoms with Crippen molar-refractivity contribution >= 4 is 28.8 Å². The number of anilines is 1. The maximum absolute atomic E-state index is 13.2. The van der Waals surface area contributed by atoms with E-state index in [2.05, 4.69) is 15.5 Å². The lowest BCUT2D eigenvalue weighted by Crippen LogP contribution is -2.22. The Morgan fingerprint density at radius 1 is 1.06 bits per heavy atom. The number of para-hydroxylation sites is 1. The quantitative estimate of drug-likeness (QED) is 0.292. The number of non-ortho nitro benzene ring substituents is 1. The Balaban J connectivity index is 1.73. The fourth-order valence-electron chi connectivity index (χ4n) is 3.03. The molecule has 0 unspecified atom stereocenters. The lowest BCUT2D eigenvalue weighted by Gasteiger charge is -2.13. The van der Waals surface area contributed by atoms with Crippen molar-refractivity contribution in [2.75, 3.05) is 12.5 Å². The summed E-state index contributed by atoms with van der Waals surface area (Å²) in [5, 5.41) is 15.4. The van der Waals surface area contributed by atoms with E-state index in [4.69, 9.17) is 4.74 Å². The van der Waals surface area contributed by atoms with E-state index in [0.717, 1.165) is 0 Å². The second kappa shape index (κ2) is 8.46. The van der Waals surface area contributed by atoms with Gasteiger partial charge in [0.2, 0.25) is 5.95 Å². The van der Waals surface area contributed by atoms with Gasteiger partial charge in [-0.25, -0.2) is 15.0 Å². The molecule has 0 aliphatic rings. The number of nitrogens with zero attached hydrogens (tertiary/aromatic N) is 4. The Hall–Kier alpha value is -4.53. The number of nitro benzene ring substituents is 1. The molecule has 0 spiro atoms. The molecule has 0 bridgehead atoms. The molecular weight excluding hydrogens is 398 g/mol. The van der Waals surface area contributed by atoms with Gasteiger partial charge >= 0.3 is 0 Å². The predicted octanol–water partition coefficient (Wildman–Crippen LogP) is 3.75. The molecule has 154 valence electrons. The molecule has 1 heterocycles. The number of nitro groups is 1. The van der Waals surface area contributed by atoms with Gasteiger partial charge in [-0.3, -0.25) is 14.9 Å². The molecule has 31 heavy (non-hydrogen) atoms. The lowest BCUT2D eigenvalue weighted by atomic mass is 10.2. The van der Waals surface area contributed by atoms with Crippen molar-refractivity contribution in [1.82, 2.24) is 9.55 Å². The summed E-state index contributed by atoms with van der Waals surface area (Å²) in [4.78, 5) is 28.0. The summed E-state index contributed by atoms with van der Waals surface area (Å²) in [5.74, 6) is 0.892. The summed E-state index contributed by atoms with van der Waals surface area (Å²) in [5.41, 5.74) is 4.34. The highest BCUT2D eigenvalue weighted by molar-refractivity contribution is 5.81. The van der Waals surface area contributed by atoms with Crippen molar-refractivity contribution in [3.8, 4) is 11.4 Å². The first-order chi connectivity index (χ1) is 15.1. The van der Waals surface area contributed by atoms with E-state index in [0.29, 0.717) is 27.9 Å². The number of rotatable bonds is 6. The SMILES string of the molecule is COc1ccc(-n2c(N/N=C/c3ccc([N+](=O)[O-])cc3)nc3ccccc3c2=O)cc1. The van der Waals surface area contributed by atoms with Crippen LogP contribution in [-0.4, -0.2) is 27.8 Å². The Labute approximate surface area is 176 Å². The van der Waals surface area contributed by atoms with Crippen LogP contribution in [0.15, 0.2) is 82.7 Å². The molecule has 0 amide bonds. The molecule has 0 atom stereocenters. The molecule has 0 saturated carbocycles. The Kier molecular flexibility index (Phi) is 5.39. The van der Waals surface area contributed by atoms with E-state index >= 15 is 0 Å². The van der Waals surface area contributed by atoms with Crippen molar-refractivity contribution in [3.05, 3.63) is 98.8 Å². The first-order valence-electron chi connectivity index (χ1n) is 9.26. The van der Waals surface area contributed by atoms with E-state index in [9.17, 15) is 14.9 Å². The van der Waals surface area contributed by atoms with Crippen LogP contribution in [0.5, 0.6) is 5.75 Å². The maximum atomic E-state index is 13.2. The van der Waals surface area contributed by atoms with Gasteiger partial charge in [0, 0.05) is 12.1 Å². The topological polar surface area (TPSA) is 112 Å². The van der Waals surface area contributed by atoms with Gasteiger partial charge in [-0.15, -0.1) is 0 Å². The Morgan fingerprint density at radius 2 is 1.77 bits per heavy atom. The number of methoxy groups -OCH3 is 1. The smallest absolute Gasteiger partial charge is 0.269 e. The Bertz CT molecular complexity index is 1330. The number of ether oxygens (including phenoxy) is 1. The summed E-state index contributed by atoms with van der Waals surface area (Å²) < 4.78 is 6.61. The van der Waals surface area contributed by atoms with Crippen molar-refractivity contribution in [2.45, 2.75) is 0 Å². The third-order valence-electron chi connectivity index (χ3n) is 4.59. The second-order valence-corrected chi connectivity index (χ2v) is 6.51. The zero-order valence-electron chi connectivity index (χ0n) is 16.4. The highest BCUT2D eigenvalue weighted by Gasteiger charge is 2.12. The normalized spacial score (nSPS) is 11.0. The van der Waals surface area contributed by atoms with E-state index in [1.54, 1.807) is 67.8 Å². The molecule has 1 N–H and O–H groups in total. The van der Waals surface area contributed by atoms with Gasteiger partial charge in [-0.05, 0) is 54.1 Å². The Morgan fingerprint density at radius 3 is 2.45 bits per heavy atom. The molecule has 0 aliphatic carbocycles. The van der Waals surface area contributed by atoms with Gasteiger partial charge in [-0.2, -0.15) is 5.10 Å². The molecule has 0 saturated heterocycles. The van der Waals surface area contributed by atoms with Crippen LogP contribution in [0.3, 0.4) is 0 Å². The van der Waals surface area contributed by atoms with Gasteiger partial charge in [-0.1, -0.05) is 12.1 Å². The van der Waals surface area contributed by atoms with Crippen LogP contribution in [0, 0.1) is 10.1 Å². The number of fused-ring (bicyclic) bond motifs is 1. The molecule has 4 rings (SSSR count). The van der Waals surface area contributed by atoms with Crippen LogP contribution in [0.25, 0.3) is 16.6 Å². The number of nitrogens with one attached hydrogen (secondary N) is 1. The largest absolute Gasteiger partial charge is 0.497 e. The number of hydrazone groups is 1. The fourth-order valence-corrected chi connectivity index (χ4v) is 3.03. The summed E-state index contributed by atoms with van der Waals surface area (Å²) in [6, 6.07) is 20.0. The van der Waals surface area contributed by atoms with E-state index in [-0.39, 0.29) is 17.2 Å². The average molecular weight is 415 g/mol. The van der Waals surface area contributed by atoms with E-state index in [1.165, 1.54) is 22.9 Å². The van der Waals surface area contributed by atoms with Crippen LogP contribution in [0.4, 0.5) is 11.6 Å². The minimum Gasteiger partial charge on any atom is -0.497 e.